The smallest absolute Gasteiger partial charge is 0.307 e. The summed E-state index contributed by atoms with van der Waals surface area (Å²) in [5.41, 5.74) is 1.29. The van der Waals surface area contributed by atoms with E-state index in [0.29, 0.717) is 12.2 Å². The molecule has 154 valence electrons. The van der Waals surface area contributed by atoms with Crippen molar-refractivity contribution in [1.29, 1.82) is 0 Å². The number of likely N-dealkylation sites (tertiary alicyclic amines) is 1. The van der Waals surface area contributed by atoms with E-state index in [4.69, 9.17) is 4.74 Å². The summed E-state index contributed by atoms with van der Waals surface area (Å²) in [5, 5.41) is 0. The van der Waals surface area contributed by atoms with E-state index in [1.54, 1.807) is 11.8 Å². The second kappa shape index (κ2) is 9.87. The van der Waals surface area contributed by atoms with E-state index in [-0.39, 0.29) is 49.5 Å². The first-order valence-corrected chi connectivity index (χ1v) is 10.5. The van der Waals surface area contributed by atoms with Gasteiger partial charge in [-0.15, -0.1) is 11.8 Å². The molecular weight excluding hydrogens is 396 g/mol. The van der Waals surface area contributed by atoms with Crippen molar-refractivity contribution in [3.05, 3.63) is 65.2 Å². The lowest BCUT2D eigenvalue weighted by Gasteiger charge is -2.24. The third-order valence-corrected chi connectivity index (χ3v) is 5.84. The van der Waals surface area contributed by atoms with Gasteiger partial charge in [-0.05, 0) is 31.5 Å². The van der Waals surface area contributed by atoms with Gasteiger partial charge in [0.1, 0.15) is 6.61 Å². The molecule has 0 aromatic heterocycles. The van der Waals surface area contributed by atoms with Crippen LogP contribution in [0.4, 0.5) is 8.78 Å². The highest BCUT2D eigenvalue weighted by Gasteiger charge is 2.33. The molecule has 7 heteroatoms. The first-order valence-electron chi connectivity index (χ1n) is 9.51. The van der Waals surface area contributed by atoms with Crippen molar-refractivity contribution >= 4 is 23.6 Å². The maximum Gasteiger partial charge on any atom is 0.307 e. The molecule has 0 radical (unpaired) electrons. The Hall–Kier alpha value is -2.41. The molecule has 1 unspecified atom stereocenters. The standard InChI is InChI=1S/C22H23F2NO3S/c1-15-5-8-18(9-6-15)29-12-11-28-21(27)13-17-7-10-20(26)25(17)14-16-3-2-4-19(23)22(16)24/h2-6,8-9,17H,7,10-14H2,1H3. The lowest BCUT2D eigenvalue weighted by atomic mass is 10.1. The van der Waals surface area contributed by atoms with Crippen LogP contribution in [-0.4, -0.2) is 35.2 Å². The third-order valence-electron chi connectivity index (χ3n) is 4.86. The molecule has 4 nitrogen and oxygen atoms in total. The molecule has 1 amide bonds. The molecular formula is C22H23F2NO3S. The highest BCUT2D eigenvalue weighted by Crippen LogP contribution is 2.26. The maximum absolute atomic E-state index is 13.9. The third kappa shape index (κ3) is 5.79. The van der Waals surface area contributed by atoms with Crippen molar-refractivity contribution in [3.8, 4) is 0 Å². The van der Waals surface area contributed by atoms with Crippen molar-refractivity contribution in [2.45, 2.75) is 43.7 Å². The molecule has 2 aromatic rings. The Morgan fingerprint density at radius 3 is 2.72 bits per heavy atom. The zero-order valence-corrected chi connectivity index (χ0v) is 17.0. The minimum absolute atomic E-state index is 0.0519. The fraction of sp³-hybridized carbons (Fsp3) is 0.364. The summed E-state index contributed by atoms with van der Waals surface area (Å²) in [6.07, 6.45) is 0.846. The van der Waals surface area contributed by atoms with Gasteiger partial charge >= 0.3 is 5.97 Å². The van der Waals surface area contributed by atoms with E-state index in [2.05, 4.69) is 0 Å². The molecule has 1 saturated heterocycles. The number of benzene rings is 2. The quantitative estimate of drug-likeness (QED) is 0.359. The molecule has 1 atom stereocenters. The molecule has 0 spiro atoms. The summed E-state index contributed by atoms with van der Waals surface area (Å²) in [4.78, 5) is 26.9. The van der Waals surface area contributed by atoms with Gasteiger partial charge in [-0.1, -0.05) is 29.8 Å². The zero-order chi connectivity index (χ0) is 20.8. The van der Waals surface area contributed by atoms with E-state index in [1.807, 2.05) is 31.2 Å². The number of carbonyl (C=O) groups excluding carboxylic acids is 2. The van der Waals surface area contributed by atoms with Crippen LogP contribution in [0.5, 0.6) is 0 Å². The van der Waals surface area contributed by atoms with Crippen molar-refractivity contribution in [2.24, 2.45) is 0 Å². The molecule has 0 saturated carbocycles. The first-order chi connectivity index (χ1) is 13.9. The summed E-state index contributed by atoms with van der Waals surface area (Å²) >= 11 is 1.60. The van der Waals surface area contributed by atoms with E-state index in [9.17, 15) is 18.4 Å². The molecule has 1 aliphatic heterocycles. The number of rotatable bonds is 8. The van der Waals surface area contributed by atoms with Gasteiger partial charge in [0.25, 0.3) is 0 Å². The predicted molar refractivity (Wildman–Crippen MR) is 107 cm³/mol. The second-order valence-corrected chi connectivity index (χ2v) is 8.18. The number of esters is 1. The summed E-state index contributed by atoms with van der Waals surface area (Å²) < 4.78 is 32.6. The zero-order valence-electron chi connectivity index (χ0n) is 16.2. The number of thioether (sulfide) groups is 1. The number of hydrogen-bond donors (Lipinski definition) is 0. The van der Waals surface area contributed by atoms with Crippen LogP contribution >= 0.6 is 11.8 Å². The largest absolute Gasteiger partial charge is 0.465 e. The fourth-order valence-electron chi connectivity index (χ4n) is 3.28. The second-order valence-electron chi connectivity index (χ2n) is 7.01. The minimum Gasteiger partial charge on any atom is -0.465 e. The molecule has 0 aliphatic carbocycles. The van der Waals surface area contributed by atoms with Crippen molar-refractivity contribution < 1.29 is 23.1 Å². The van der Waals surface area contributed by atoms with Gasteiger partial charge in [0.2, 0.25) is 5.91 Å². The van der Waals surface area contributed by atoms with Gasteiger partial charge in [-0.3, -0.25) is 9.59 Å². The summed E-state index contributed by atoms with van der Waals surface area (Å²) in [5.74, 6) is -1.82. The van der Waals surface area contributed by atoms with E-state index in [0.717, 1.165) is 11.0 Å². The number of carbonyl (C=O) groups is 2. The van der Waals surface area contributed by atoms with Crippen LogP contribution in [0.3, 0.4) is 0 Å². The lowest BCUT2D eigenvalue weighted by Crippen LogP contribution is -2.34. The Morgan fingerprint density at radius 2 is 1.97 bits per heavy atom. The Balaban J connectivity index is 1.47. The highest BCUT2D eigenvalue weighted by molar-refractivity contribution is 7.99. The molecule has 0 bridgehead atoms. The molecule has 2 aromatic carbocycles. The molecule has 1 fully saturated rings. The van der Waals surface area contributed by atoms with Gasteiger partial charge in [-0.2, -0.15) is 0 Å². The Kier molecular flexibility index (Phi) is 7.25. The van der Waals surface area contributed by atoms with Crippen LogP contribution in [0, 0.1) is 18.6 Å². The summed E-state index contributed by atoms with van der Waals surface area (Å²) in [6, 6.07) is 11.6. The monoisotopic (exact) mass is 419 g/mol. The Labute approximate surface area is 173 Å². The van der Waals surface area contributed by atoms with Crippen LogP contribution in [0.2, 0.25) is 0 Å². The predicted octanol–water partition coefficient (Wildman–Crippen LogP) is 4.49. The number of ether oxygens (including phenoxy) is 1. The SMILES string of the molecule is Cc1ccc(SCCOC(=O)CC2CCC(=O)N2Cc2cccc(F)c2F)cc1. The minimum atomic E-state index is -0.957. The number of hydrogen-bond acceptors (Lipinski definition) is 4. The molecule has 0 N–H and O–H groups in total. The topological polar surface area (TPSA) is 46.6 Å². The van der Waals surface area contributed by atoms with Crippen LogP contribution < -0.4 is 0 Å². The van der Waals surface area contributed by atoms with Crippen LogP contribution in [0.1, 0.15) is 30.4 Å². The van der Waals surface area contributed by atoms with Gasteiger partial charge in [0.05, 0.1) is 6.42 Å². The fourth-order valence-corrected chi connectivity index (χ4v) is 4.01. The van der Waals surface area contributed by atoms with Gasteiger partial charge in [-0.25, -0.2) is 8.78 Å². The van der Waals surface area contributed by atoms with Gasteiger partial charge < -0.3 is 9.64 Å². The average molecular weight is 419 g/mol. The molecule has 3 rings (SSSR count). The summed E-state index contributed by atoms with van der Waals surface area (Å²) in [6.45, 7) is 2.25. The highest BCUT2D eigenvalue weighted by atomic mass is 32.2. The van der Waals surface area contributed by atoms with Crippen molar-refractivity contribution in [2.75, 3.05) is 12.4 Å². The van der Waals surface area contributed by atoms with Crippen molar-refractivity contribution in [1.82, 2.24) is 4.90 Å². The van der Waals surface area contributed by atoms with E-state index >= 15 is 0 Å². The number of halogens is 2. The number of aryl methyl sites for hydroxylation is 1. The van der Waals surface area contributed by atoms with Gasteiger partial charge in [0, 0.05) is 35.2 Å². The van der Waals surface area contributed by atoms with E-state index < -0.39 is 11.6 Å². The van der Waals surface area contributed by atoms with Crippen LogP contribution in [-0.2, 0) is 20.9 Å². The molecule has 29 heavy (non-hydrogen) atoms. The number of amides is 1. The van der Waals surface area contributed by atoms with Gasteiger partial charge in [0.15, 0.2) is 11.6 Å². The molecule has 1 aliphatic rings. The van der Waals surface area contributed by atoms with Crippen molar-refractivity contribution in [3.63, 3.8) is 0 Å². The molecule has 1 heterocycles. The Morgan fingerprint density at radius 1 is 1.21 bits per heavy atom. The van der Waals surface area contributed by atoms with Crippen LogP contribution in [0.15, 0.2) is 47.4 Å². The maximum atomic E-state index is 13.9. The summed E-state index contributed by atoms with van der Waals surface area (Å²) in [7, 11) is 0. The van der Waals surface area contributed by atoms with Crippen LogP contribution in [0.25, 0.3) is 0 Å². The Bertz CT molecular complexity index is 873. The number of nitrogens with zero attached hydrogens (tertiary/aromatic N) is 1. The lowest BCUT2D eigenvalue weighted by molar-refractivity contribution is -0.144. The first kappa shape index (κ1) is 21.3. The van der Waals surface area contributed by atoms with E-state index in [1.165, 1.54) is 22.6 Å². The normalized spacial score (nSPS) is 16.3. The average Bonchev–Trinajstić information content (AvgIpc) is 3.03.